The number of hydrogen-bond donors (Lipinski definition) is 3. The first-order chi connectivity index (χ1) is 17.5. The maximum atomic E-state index is 12.6. The lowest BCUT2D eigenvalue weighted by molar-refractivity contribution is -0.140. The van der Waals surface area contributed by atoms with Crippen molar-refractivity contribution in [1.82, 2.24) is 30.0 Å². The normalized spacial score (nSPS) is 12.2. The van der Waals surface area contributed by atoms with E-state index in [4.69, 9.17) is 5.11 Å². The Labute approximate surface area is 218 Å². The number of hydrogen-bond acceptors (Lipinski definition) is 8. The van der Waals surface area contributed by atoms with Crippen LogP contribution in [0.1, 0.15) is 59.5 Å². The van der Waals surface area contributed by atoms with Gasteiger partial charge in [-0.05, 0) is 37.1 Å². The third-order valence-corrected chi connectivity index (χ3v) is 7.14. The van der Waals surface area contributed by atoms with Crippen LogP contribution in [0.15, 0.2) is 49.1 Å². The number of nitrogens with zero attached hydrogens (tertiary/aromatic N) is 5. The molecule has 1 atom stereocenters. The van der Waals surface area contributed by atoms with Crippen molar-refractivity contribution in [3.63, 3.8) is 0 Å². The van der Waals surface area contributed by atoms with Crippen LogP contribution in [0.5, 0.6) is 0 Å². The molecule has 4 aromatic rings. The van der Waals surface area contributed by atoms with Crippen molar-refractivity contribution in [1.29, 1.82) is 0 Å². The molecule has 0 radical (unpaired) electrons. The van der Waals surface area contributed by atoms with Crippen molar-refractivity contribution in [2.75, 3.05) is 5.32 Å². The summed E-state index contributed by atoms with van der Waals surface area (Å²) < 4.78 is 1.36. The Morgan fingerprint density at radius 3 is 2.62 bits per heavy atom. The summed E-state index contributed by atoms with van der Waals surface area (Å²) in [5.74, 6) is -0.734. The van der Waals surface area contributed by atoms with Gasteiger partial charge in [-0.25, -0.2) is 19.7 Å². The number of anilines is 2. The molecule has 0 saturated heterocycles. The van der Waals surface area contributed by atoms with E-state index in [9.17, 15) is 9.59 Å². The molecule has 1 amide bonds. The summed E-state index contributed by atoms with van der Waals surface area (Å²) in [4.78, 5) is 37.6. The third-order valence-electron chi connectivity index (χ3n) is 5.72. The molecule has 0 aliphatic rings. The molecule has 0 fully saturated rings. The highest BCUT2D eigenvalue weighted by Crippen LogP contribution is 2.27. The van der Waals surface area contributed by atoms with E-state index in [1.165, 1.54) is 22.2 Å². The number of thiazole rings is 1. The number of carbonyl (C=O) groups is 2. The van der Waals surface area contributed by atoms with Crippen LogP contribution in [-0.2, 0) is 16.8 Å². The summed E-state index contributed by atoms with van der Waals surface area (Å²) >= 11 is 1.42. The van der Waals surface area contributed by atoms with Crippen LogP contribution in [-0.4, -0.2) is 41.7 Å². The number of carboxylic acids is 1. The van der Waals surface area contributed by atoms with Crippen LogP contribution in [0.25, 0.3) is 11.3 Å². The predicted molar refractivity (Wildman–Crippen MR) is 142 cm³/mol. The number of amides is 1. The minimum absolute atomic E-state index is 0.0904. The number of aryl methyl sites for hydroxylation is 1. The van der Waals surface area contributed by atoms with E-state index in [0.717, 1.165) is 27.4 Å². The summed E-state index contributed by atoms with van der Waals surface area (Å²) in [6.07, 6.45) is 6.41. The zero-order valence-electron chi connectivity index (χ0n) is 21.3. The summed E-state index contributed by atoms with van der Waals surface area (Å²) in [5.41, 5.74) is 4.15. The number of carbonyl (C=O) groups excluding carboxylic acids is 1. The Bertz CT molecular complexity index is 1440. The lowest BCUT2D eigenvalue weighted by atomic mass is 9.98. The zero-order valence-corrected chi connectivity index (χ0v) is 22.1. The topological polar surface area (TPSA) is 135 Å². The van der Waals surface area contributed by atoms with Crippen molar-refractivity contribution in [3.8, 4) is 11.3 Å². The number of aliphatic carboxylic acids is 1. The fourth-order valence-electron chi connectivity index (χ4n) is 3.48. The lowest BCUT2D eigenvalue weighted by Gasteiger charge is -2.13. The van der Waals surface area contributed by atoms with E-state index in [-0.39, 0.29) is 11.3 Å². The van der Waals surface area contributed by atoms with Crippen LogP contribution in [0.4, 0.5) is 11.6 Å². The Balaban J connectivity index is 1.42. The first kappa shape index (κ1) is 26.0. The number of benzene rings is 1. The van der Waals surface area contributed by atoms with Gasteiger partial charge in [0, 0.05) is 29.9 Å². The smallest absolute Gasteiger partial charge is 0.328 e. The Morgan fingerprint density at radius 2 is 1.95 bits per heavy atom. The monoisotopic (exact) mass is 519 g/mol. The molecular formula is C26H29N7O3S. The van der Waals surface area contributed by atoms with Gasteiger partial charge in [-0.1, -0.05) is 32.9 Å². The van der Waals surface area contributed by atoms with Gasteiger partial charge in [0.05, 0.1) is 28.8 Å². The van der Waals surface area contributed by atoms with Gasteiger partial charge < -0.3 is 15.7 Å². The molecule has 3 aromatic heterocycles. The van der Waals surface area contributed by atoms with Crippen molar-refractivity contribution in [2.24, 2.45) is 0 Å². The van der Waals surface area contributed by atoms with E-state index in [1.54, 1.807) is 25.5 Å². The van der Waals surface area contributed by atoms with E-state index in [2.05, 4.69) is 51.5 Å². The van der Waals surface area contributed by atoms with E-state index in [1.807, 2.05) is 31.2 Å². The second kappa shape index (κ2) is 10.5. The molecule has 192 valence electrons. The fourth-order valence-corrected chi connectivity index (χ4v) is 4.37. The molecule has 0 spiro atoms. The Morgan fingerprint density at radius 1 is 1.16 bits per heavy atom. The van der Waals surface area contributed by atoms with E-state index >= 15 is 0 Å². The maximum Gasteiger partial charge on any atom is 0.328 e. The standard InChI is InChI=1S/C26H29N7O3S/c1-15-10-17(6-7-18(15)11-28-22(34)21-13-29-24(37-21)26(3,4)5)20-8-9-27-25(32-20)31-19-12-30-33(14-19)16(2)23(35)36/h6-10,12-14,16H,11H2,1-5H3,(H,28,34)(H,35,36)(H,27,31,32). The minimum Gasteiger partial charge on any atom is -0.480 e. The molecule has 10 nitrogen and oxygen atoms in total. The minimum atomic E-state index is -0.968. The number of carboxylic acid groups (broad SMARTS) is 1. The number of nitrogens with one attached hydrogen (secondary N) is 2. The third kappa shape index (κ3) is 6.18. The predicted octanol–water partition coefficient (Wildman–Crippen LogP) is 4.72. The molecule has 1 aromatic carbocycles. The van der Waals surface area contributed by atoms with Crippen LogP contribution in [0, 0.1) is 6.92 Å². The van der Waals surface area contributed by atoms with Gasteiger partial charge in [-0.15, -0.1) is 11.3 Å². The van der Waals surface area contributed by atoms with Crippen LogP contribution in [0.3, 0.4) is 0 Å². The number of rotatable bonds is 8. The maximum absolute atomic E-state index is 12.6. The molecule has 3 heterocycles. The van der Waals surface area contributed by atoms with Gasteiger partial charge in [-0.3, -0.25) is 9.48 Å². The zero-order chi connectivity index (χ0) is 26.7. The summed E-state index contributed by atoms with van der Waals surface area (Å²) in [6, 6.07) is 6.98. The molecule has 1 unspecified atom stereocenters. The highest BCUT2D eigenvalue weighted by Gasteiger charge is 2.20. The largest absolute Gasteiger partial charge is 0.480 e. The second-order valence-corrected chi connectivity index (χ2v) is 10.7. The van der Waals surface area contributed by atoms with Crippen LogP contribution in [0.2, 0.25) is 0 Å². The Kier molecular flexibility index (Phi) is 7.35. The highest BCUT2D eigenvalue weighted by molar-refractivity contribution is 7.13. The molecule has 4 rings (SSSR count). The highest BCUT2D eigenvalue weighted by atomic mass is 32.1. The molecule has 11 heteroatoms. The summed E-state index contributed by atoms with van der Waals surface area (Å²) in [5, 5.41) is 20.2. The summed E-state index contributed by atoms with van der Waals surface area (Å²) in [6.45, 7) is 10.2. The quantitative estimate of drug-likeness (QED) is 0.304. The average Bonchev–Trinajstić information content (AvgIpc) is 3.53. The molecule has 0 saturated carbocycles. The van der Waals surface area contributed by atoms with Crippen molar-refractivity contribution in [2.45, 2.75) is 52.6 Å². The second-order valence-electron chi connectivity index (χ2n) is 9.72. The molecule has 37 heavy (non-hydrogen) atoms. The van der Waals surface area contributed by atoms with Gasteiger partial charge in [0.1, 0.15) is 10.9 Å². The Hall–Kier alpha value is -4.12. The molecule has 3 N–H and O–H groups in total. The molecule has 0 aliphatic carbocycles. The summed E-state index contributed by atoms with van der Waals surface area (Å²) in [7, 11) is 0. The van der Waals surface area contributed by atoms with Crippen molar-refractivity contribution < 1.29 is 14.7 Å². The number of aromatic nitrogens is 5. The average molecular weight is 520 g/mol. The SMILES string of the molecule is Cc1cc(-c2ccnc(Nc3cnn(C(C)C(=O)O)c3)n2)ccc1CNC(=O)c1cnc(C(C)(C)C)s1. The first-order valence-electron chi connectivity index (χ1n) is 11.7. The van der Waals surface area contributed by atoms with Gasteiger partial charge >= 0.3 is 5.97 Å². The van der Waals surface area contributed by atoms with Gasteiger partial charge in [0.2, 0.25) is 5.95 Å². The van der Waals surface area contributed by atoms with Crippen LogP contribution >= 0.6 is 11.3 Å². The molecular weight excluding hydrogens is 490 g/mol. The van der Waals surface area contributed by atoms with Gasteiger partial charge in [0.25, 0.3) is 5.91 Å². The molecule has 0 aliphatic heterocycles. The fraction of sp³-hybridized carbons (Fsp3) is 0.308. The van der Waals surface area contributed by atoms with Gasteiger partial charge in [0.15, 0.2) is 0 Å². The lowest BCUT2D eigenvalue weighted by Crippen LogP contribution is -2.22. The van der Waals surface area contributed by atoms with Crippen LogP contribution < -0.4 is 10.6 Å². The molecule has 0 bridgehead atoms. The first-order valence-corrected chi connectivity index (χ1v) is 12.5. The van der Waals surface area contributed by atoms with Gasteiger partial charge in [-0.2, -0.15) is 5.10 Å². The van der Waals surface area contributed by atoms with E-state index < -0.39 is 12.0 Å². The van der Waals surface area contributed by atoms with E-state index in [0.29, 0.717) is 23.1 Å². The van der Waals surface area contributed by atoms with Crippen molar-refractivity contribution >= 4 is 34.8 Å². The van der Waals surface area contributed by atoms with Crippen molar-refractivity contribution in [3.05, 3.63) is 70.1 Å².